The molecule has 2 atom stereocenters. The molecule has 31 heavy (non-hydrogen) atoms. The average Bonchev–Trinajstić information content (AvgIpc) is 2.84. The number of rotatable bonds is 4. The van der Waals surface area contributed by atoms with Crippen LogP contribution in [0.2, 0.25) is 0 Å². The Hall–Kier alpha value is -1.46. The Balaban J connectivity index is 1.61. The summed E-state index contributed by atoms with van der Waals surface area (Å²) in [6.45, 7) is 3.11. The van der Waals surface area contributed by atoms with Crippen LogP contribution in [0.15, 0.2) is 42.1 Å². The number of hydrogen-bond donors (Lipinski definition) is 0. The van der Waals surface area contributed by atoms with Gasteiger partial charge in [-0.15, -0.1) is 0 Å². The topological polar surface area (TPSA) is 51.5 Å². The number of piperidine rings is 1. The van der Waals surface area contributed by atoms with E-state index >= 15 is 0 Å². The largest absolute Gasteiger partial charge is 0.386 e. The molecule has 0 radical (unpaired) electrons. The number of nitrogens with zero attached hydrogens (tertiary/aromatic N) is 2. The van der Waals surface area contributed by atoms with Crippen LogP contribution in [0, 0.1) is 0 Å². The van der Waals surface area contributed by atoms with Crippen LogP contribution in [0.4, 0.5) is 8.78 Å². The molecule has 1 aliphatic heterocycles. The highest BCUT2D eigenvalue weighted by Gasteiger charge is 2.48. The lowest BCUT2D eigenvalue weighted by molar-refractivity contribution is 0.231. The van der Waals surface area contributed by atoms with Crippen molar-refractivity contribution in [2.24, 2.45) is 0 Å². The van der Waals surface area contributed by atoms with Gasteiger partial charge in [0.1, 0.15) is 11.6 Å². The van der Waals surface area contributed by atoms with Gasteiger partial charge in [-0.1, -0.05) is 12.2 Å². The zero-order valence-electron chi connectivity index (χ0n) is 17.4. The van der Waals surface area contributed by atoms with E-state index < -0.39 is 26.9 Å². The second-order valence-electron chi connectivity index (χ2n) is 8.50. The van der Waals surface area contributed by atoms with Crippen molar-refractivity contribution in [2.75, 3.05) is 20.1 Å². The zero-order chi connectivity index (χ0) is 22.4. The predicted molar refractivity (Wildman–Crippen MR) is 126 cm³/mol. The minimum Gasteiger partial charge on any atom is -0.386 e. The number of aromatic nitrogens is 1. The highest BCUT2D eigenvalue weighted by atomic mass is 127. The standard InChI is InChI=1S/C22H25F2IN2O3S/c1-22(24)11-3-4-19(23)21(22)31(28,29)30-16-5-7-17-18(14-27(25)20(17)8-6-16)15-9-12-26(2)13-10-15/h3-4,6-8,11,14-15,21H,5,9-10,12-13H2,1-2H3. The summed E-state index contributed by atoms with van der Waals surface area (Å²) in [4.78, 5) is 2.32. The molecule has 0 spiro atoms. The first kappa shape index (κ1) is 22.7. The molecule has 5 nitrogen and oxygen atoms in total. The van der Waals surface area contributed by atoms with Gasteiger partial charge >= 0.3 is 10.1 Å². The van der Waals surface area contributed by atoms with Crippen LogP contribution in [0.1, 0.15) is 37.7 Å². The van der Waals surface area contributed by atoms with Crippen molar-refractivity contribution in [1.29, 1.82) is 0 Å². The van der Waals surface area contributed by atoms with Gasteiger partial charge in [-0.05, 0) is 75.7 Å². The van der Waals surface area contributed by atoms with Crippen molar-refractivity contribution < 1.29 is 21.4 Å². The van der Waals surface area contributed by atoms with E-state index in [-0.39, 0.29) is 12.2 Å². The normalized spacial score (nSPS) is 27.5. The SMILES string of the molecule is CN1CCC(c2cn(I)c3c2=CCC(OS(=O)(=O)C2C(F)=CC=CC2(C)F)=CC=3)CC1. The number of alkyl halides is 1. The molecular weight excluding hydrogens is 537 g/mol. The lowest BCUT2D eigenvalue weighted by atomic mass is 9.90. The second-order valence-corrected chi connectivity index (χ2v) is 11.2. The third kappa shape index (κ3) is 4.54. The summed E-state index contributed by atoms with van der Waals surface area (Å²) >= 11 is 2.21. The fourth-order valence-corrected chi connectivity index (χ4v) is 6.68. The van der Waals surface area contributed by atoms with E-state index in [1.165, 1.54) is 11.6 Å². The van der Waals surface area contributed by atoms with Crippen molar-refractivity contribution in [3.05, 3.63) is 58.2 Å². The molecule has 1 aromatic heterocycles. The fraction of sp³-hybridized carbons (Fsp3) is 0.455. The van der Waals surface area contributed by atoms with E-state index in [4.69, 9.17) is 4.18 Å². The lowest BCUT2D eigenvalue weighted by Gasteiger charge is -2.28. The number of halogens is 3. The van der Waals surface area contributed by atoms with Crippen molar-refractivity contribution in [2.45, 2.75) is 43.0 Å². The van der Waals surface area contributed by atoms with E-state index in [0.717, 1.165) is 55.6 Å². The number of fused-ring (bicyclic) bond motifs is 1. The van der Waals surface area contributed by atoms with E-state index in [1.54, 1.807) is 12.2 Å². The molecule has 0 saturated carbocycles. The molecule has 0 aromatic carbocycles. The molecule has 0 amide bonds. The molecule has 0 N–H and O–H groups in total. The zero-order valence-corrected chi connectivity index (χ0v) is 20.4. The summed E-state index contributed by atoms with van der Waals surface area (Å²) in [5.41, 5.74) is -1.15. The van der Waals surface area contributed by atoms with Gasteiger partial charge in [-0.25, -0.2) is 8.78 Å². The first-order valence-electron chi connectivity index (χ1n) is 10.2. The molecule has 0 bridgehead atoms. The highest BCUT2D eigenvalue weighted by molar-refractivity contribution is 14.1. The van der Waals surface area contributed by atoms with Gasteiger partial charge in [0.15, 0.2) is 10.9 Å². The van der Waals surface area contributed by atoms with Crippen LogP contribution in [-0.4, -0.2) is 47.2 Å². The van der Waals surface area contributed by atoms with Gasteiger partial charge < -0.3 is 9.08 Å². The minimum atomic E-state index is -4.57. The molecule has 3 aliphatic rings. The average molecular weight is 562 g/mol. The summed E-state index contributed by atoms with van der Waals surface area (Å²) < 4.78 is 61.8. The molecule has 4 rings (SSSR count). The van der Waals surface area contributed by atoms with Gasteiger partial charge in [0.2, 0.25) is 0 Å². The number of allylic oxidation sites excluding steroid dienone is 5. The number of likely N-dealkylation sites (tertiary alicyclic amines) is 1. The van der Waals surface area contributed by atoms with Crippen LogP contribution in [-0.2, 0) is 14.3 Å². The van der Waals surface area contributed by atoms with Gasteiger partial charge in [0, 0.05) is 17.8 Å². The van der Waals surface area contributed by atoms with Crippen LogP contribution >= 0.6 is 22.9 Å². The summed E-state index contributed by atoms with van der Waals surface area (Å²) in [5, 5.41) is -0.00421. The predicted octanol–water partition coefficient (Wildman–Crippen LogP) is 3.21. The molecule has 2 unspecified atom stereocenters. The Bertz CT molecular complexity index is 1190. The van der Waals surface area contributed by atoms with Crippen LogP contribution in [0.5, 0.6) is 0 Å². The molecule has 9 heteroatoms. The molecular formula is C22H25F2IN2O3S. The quantitative estimate of drug-likeness (QED) is 0.418. The number of hydrogen-bond acceptors (Lipinski definition) is 4. The maximum Gasteiger partial charge on any atom is 0.321 e. The summed E-state index contributed by atoms with van der Waals surface area (Å²) in [6.07, 6.45) is 13.0. The van der Waals surface area contributed by atoms with Gasteiger partial charge in [-0.3, -0.25) is 2.78 Å². The summed E-state index contributed by atoms with van der Waals surface area (Å²) in [7, 11) is -2.44. The van der Waals surface area contributed by atoms with Crippen LogP contribution in [0.25, 0.3) is 12.2 Å². The lowest BCUT2D eigenvalue weighted by Crippen LogP contribution is -2.42. The van der Waals surface area contributed by atoms with Crippen LogP contribution < -0.4 is 10.6 Å². The molecule has 1 fully saturated rings. The minimum absolute atomic E-state index is 0.139. The Labute approximate surface area is 195 Å². The Morgan fingerprint density at radius 2 is 1.94 bits per heavy atom. The van der Waals surface area contributed by atoms with Gasteiger partial charge in [0.25, 0.3) is 0 Å². The summed E-state index contributed by atoms with van der Waals surface area (Å²) in [6, 6.07) is 0. The molecule has 2 heterocycles. The van der Waals surface area contributed by atoms with E-state index in [1.807, 2.05) is 8.86 Å². The molecule has 1 aromatic rings. The van der Waals surface area contributed by atoms with E-state index in [0.29, 0.717) is 5.92 Å². The van der Waals surface area contributed by atoms with Crippen molar-refractivity contribution in [3.8, 4) is 0 Å². The summed E-state index contributed by atoms with van der Waals surface area (Å²) in [5.74, 6) is -0.487. The second kappa shape index (κ2) is 8.47. The molecule has 2 aliphatic carbocycles. The first-order chi connectivity index (χ1) is 14.6. The van der Waals surface area contributed by atoms with Crippen molar-refractivity contribution in [1.82, 2.24) is 7.68 Å². The Kier molecular flexibility index (Phi) is 6.21. The third-order valence-electron chi connectivity index (χ3n) is 6.11. The van der Waals surface area contributed by atoms with E-state index in [9.17, 15) is 17.2 Å². The fourth-order valence-electron chi connectivity index (χ4n) is 4.45. The Morgan fingerprint density at radius 1 is 1.23 bits per heavy atom. The molecule has 168 valence electrons. The maximum absolute atomic E-state index is 14.8. The van der Waals surface area contributed by atoms with Gasteiger partial charge in [-0.2, -0.15) is 8.42 Å². The van der Waals surface area contributed by atoms with Crippen LogP contribution in [0.3, 0.4) is 0 Å². The van der Waals surface area contributed by atoms with E-state index in [2.05, 4.69) is 41.0 Å². The van der Waals surface area contributed by atoms with Crippen molar-refractivity contribution in [3.63, 3.8) is 0 Å². The van der Waals surface area contributed by atoms with Gasteiger partial charge in [0.05, 0.1) is 28.2 Å². The first-order valence-corrected chi connectivity index (χ1v) is 12.7. The smallest absolute Gasteiger partial charge is 0.321 e. The monoisotopic (exact) mass is 562 g/mol. The molecule has 1 saturated heterocycles. The highest BCUT2D eigenvalue weighted by Crippen LogP contribution is 2.35. The third-order valence-corrected chi connectivity index (χ3v) is 8.62. The maximum atomic E-state index is 14.8. The Morgan fingerprint density at radius 3 is 2.61 bits per heavy atom. The van der Waals surface area contributed by atoms with Crippen molar-refractivity contribution >= 4 is 45.1 Å².